The maximum atomic E-state index is 11.2. The molecule has 2 aromatic rings. The Balaban J connectivity index is 2.48. The smallest absolute Gasteiger partial charge is 0.352 e. The van der Waals surface area contributed by atoms with Gasteiger partial charge in [-0.15, -0.1) is 0 Å². The van der Waals surface area contributed by atoms with Gasteiger partial charge in [0.2, 0.25) is 5.91 Å². The molecule has 5 N–H and O–H groups in total. The van der Waals surface area contributed by atoms with E-state index in [4.69, 9.17) is 23.1 Å². The number of hydrogen-bond acceptors (Lipinski definition) is 3. The highest BCUT2D eigenvalue weighted by atomic mass is 32.1. The summed E-state index contributed by atoms with van der Waals surface area (Å²) in [7, 11) is 0. The summed E-state index contributed by atoms with van der Waals surface area (Å²) in [6.45, 7) is 0. The first kappa shape index (κ1) is 13.1. The lowest BCUT2D eigenvalue weighted by Gasteiger charge is -2.17. The van der Waals surface area contributed by atoms with Crippen LogP contribution in [0, 0.1) is 4.77 Å². The number of nitrogens with one attached hydrogen (secondary N) is 2. The fraction of sp³-hybridized carbons (Fsp3) is 0.182. The second kappa shape index (κ2) is 5.11. The molecule has 8 heteroatoms. The van der Waals surface area contributed by atoms with Gasteiger partial charge in [-0.25, -0.2) is 4.79 Å². The van der Waals surface area contributed by atoms with Crippen LogP contribution in [0.5, 0.6) is 0 Å². The normalized spacial score (nSPS) is 12.2. The molecule has 0 saturated carbocycles. The van der Waals surface area contributed by atoms with Crippen molar-refractivity contribution in [3.63, 3.8) is 0 Å². The number of aromatic amines is 2. The molecule has 2 aromatic heterocycles. The average molecular weight is 280 g/mol. The summed E-state index contributed by atoms with van der Waals surface area (Å²) in [5, 5.41) is 9.11. The first-order valence-electron chi connectivity index (χ1n) is 5.45. The SMILES string of the molecule is NC(=O)CC(c1c[nH]c(=S)[nH]1)n1cccc1C(=O)O. The van der Waals surface area contributed by atoms with E-state index in [1.807, 2.05) is 0 Å². The number of H-pyrrole nitrogens is 2. The fourth-order valence-electron chi connectivity index (χ4n) is 1.92. The van der Waals surface area contributed by atoms with Crippen molar-refractivity contribution in [2.45, 2.75) is 12.5 Å². The minimum absolute atomic E-state index is 0.0297. The van der Waals surface area contributed by atoms with E-state index in [-0.39, 0.29) is 12.1 Å². The Kier molecular flexibility index (Phi) is 3.52. The van der Waals surface area contributed by atoms with E-state index >= 15 is 0 Å². The number of imidazole rings is 1. The third-order valence-corrected chi connectivity index (χ3v) is 2.92. The zero-order valence-electron chi connectivity index (χ0n) is 9.79. The highest BCUT2D eigenvalue weighted by molar-refractivity contribution is 7.71. The predicted molar refractivity (Wildman–Crippen MR) is 69.3 cm³/mol. The molecule has 7 nitrogen and oxygen atoms in total. The Bertz CT molecular complexity index is 669. The van der Waals surface area contributed by atoms with Gasteiger partial charge in [-0.1, -0.05) is 0 Å². The molecule has 0 aliphatic rings. The number of carbonyl (C=O) groups excluding carboxylic acids is 1. The Hall–Kier alpha value is -2.35. The van der Waals surface area contributed by atoms with E-state index in [0.717, 1.165) is 0 Å². The molecule has 0 aromatic carbocycles. The quantitative estimate of drug-likeness (QED) is 0.612. The van der Waals surface area contributed by atoms with Gasteiger partial charge in [-0.3, -0.25) is 4.79 Å². The maximum Gasteiger partial charge on any atom is 0.352 e. The molecule has 19 heavy (non-hydrogen) atoms. The summed E-state index contributed by atoms with van der Waals surface area (Å²) >= 11 is 4.93. The third-order valence-electron chi connectivity index (χ3n) is 2.70. The van der Waals surface area contributed by atoms with E-state index in [0.29, 0.717) is 10.5 Å². The second-order valence-corrected chi connectivity index (χ2v) is 4.40. The number of rotatable bonds is 5. The number of hydrogen-bond donors (Lipinski definition) is 4. The summed E-state index contributed by atoms with van der Waals surface area (Å²) < 4.78 is 1.87. The number of nitrogens with two attached hydrogens (primary N) is 1. The minimum Gasteiger partial charge on any atom is -0.477 e. The van der Waals surface area contributed by atoms with Gasteiger partial charge in [-0.2, -0.15) is 0 Å². The van der Waals surface area contributed by atoms with Crippen molar-refractivity contribution in [1.29, 1.82) is 0 Å². The highest BCUT2D eigenvalue weighted by Crippen LogP contribution is 2.22. The van der Waals surface area contributed by atoms with Crippen LogP contribution in [-0.4, -0.2) is 31.5 Å². The number of carbonyl (C=O) groups is 2. The summed E-state index contributed by atoms with van der Waals surface area (Å²) in [6, 6.07) is 2.52. The molecule has 0 fully saturated rings. The Morgan fingerprint density at radius 2 is 2.26 bits per heavy atom. The summed E-state index contributed by atoms with van der Waals surface area (Å²) in [6.07, 6.45) is 3.15. The molecule has 0 aliphatic carbocycles. The number of carboxylic acids is 1. The lowest BCUT2D eigenvalue weighted by atomic mass is 10.1. The molecule has 0 bridgehead atoms. The van der Waals surface area contributed by atoms with E-state index in [1.165, 1.54) is 10.6 Å². The largest absolute Gasteiger partial charge is 0.477 e. The number of aromatic nitrogens is 3. The zero-order valence-corrected chi connectivity index (χ0v) is 10.6. The van der Waals surface area contributed by atoms with Gasteiger partial charge < -0.3 is 25.4 Å². The first-order chi connectivity index (χ1) is 8.99. The van der Waals surface area contributed by atoms with E-state index in [9.17, 15) is 9.59 Å². The van der Waals surface area contributed by atoms with Crippen LogP contribution in [0.25, 0.3) is 0 Å². The van der Waals surface area contributed by atoms with Crippen LogP contribution < -0.4 is 5.73 Å². The summed E-state index contributed by atoms with van der Waals surface area (Å²) in [4.78, 5) is 28.0. The molecule has 0 radical (unpaired) electrons. The van der Waals surface area contributed by atoms with Crippen LogP contribution in [-0.2, 0) is 4.79 Å². The maximum absolute atomic E-state index is 11.2. The molecule has 1 unspecified atom stereocenters. The van der Waals surface area contributed by atoms with Crippen LogP contribution in [0.1, 0.15) is 28.6 Å². The van der Waals surface area contributed by atoms with Crippen molar-refractivity contribution in [2.75, 3.05) is 0 Å². The fourth-order valence-corrected chi connectivity index (χ4v) is 2.10. The zero-order chi connectivity index (χ0) is 14.0. The molecule has 2 heterocycles. The van der Waals surface area contributed by atoms with Crippen LogP contribution in [0.4, 0.5) is 0 Å². The first-order valence-corrected chi connectivity index (χ1v) is 5.86. The van der Waals surface area contributed by atoms with Crippen molar-refractivity contribution in [3.8, 4) is 0 Å². The molecule has 1 atom stereocenters. The van der Waals surface area contributed by atoms with Crippen molar-refractivity contribution in [2.24, 2.45) is 5.73 Å². The Morgan fingerprint density at radius 3 is 2.79 bits per heavy atom. The van der Waals surface area contributed by atoms with Gasteiger partial charge in [0.1, 0.15) is 5.69 Å². The van der Waals surface area contributed by atoms with Crippen molar-refractivity contribution < 1.29 is 14.7 Å². The van der Waals surface area contributed by atoms with E-state index < -0.39 is 17.9 Å². The topological polar surface area (TPSA) is 117 Å². The molecule has 0 aliphatic heterocycles. The number of nitrogens with zero attached hydrogens (tertiary/aromatic N) is 1. The van der Waals surface area contributed by atoms with Crippen LogP contribution in [0.15, 0.2) is 24.5 Å². The standard InChI is InChI=1S/C11H12N4O3S/c12-9(16)4-8(6-5-13-11(19)14-6)15-3-1-2-7(15)10(17)18/h1-3,5,8H,4H2,(H2,12,16)(H,17,18)(H2,13,14,19). The van der Waals surface area contributed by atoms with Crippen LogP contribution in [0.2, 0.25) is 0 Å². The molecule has 2 rings (SSSR count). The second-order valence-electron chi connectivity index (χ2n) is 3.99. The Labute approximate surface area is 113 Å². The molecule has 0 saturated heterocycles. The molecule has 100 valence electrons. The lowest BCUT2D eigenvalue weighted by molar-refractivity contribution is -0.118. The van der Waals surface area contributed by atoms with Crippen LogP contribution >= 0.6 is 12.2 Å². The van der Waals surface area contributed by atoms with E-state index in [2.05, 4.69) is 9.97 Å². The van der Waals surface area contributed by atoms with Crippen molar-refractivity contribution in [1.82, 2.24) is 14.5 Å². The van der Waals surface area contributed by atoms with Gasteiger partial charge in [0, 0.05) is 12.4 Å². The van der Waals surface area contributed by atoms with Gasteiger partial charge >= 0.3 is 5.97 Å². The third kappa shape index (κ3) is 2.74. The van der Waals surface area contributed by atoms with Gasteiger partial charge in [-0.05, 0) is 24.4 Å². The number of amides is 1. The van der Waals surface area contributed by atoms with Crippen LogP contribution in [0.3, 0.4) is 0 Å². The minimum atomic E-state index is -1.08. The predicted octanol–water partition coefficient (Wildman–Crippen LogP) is 1.04. The van der Waals surface area contributed by atoms with Gasteiger partial charge in [0.05, 0.1) is 18.2 Å². The highest BCUT2D eigenvalue weighted by Gasteiger charge is 2.22. The number of carboxylic acid groups (broad SMARTS) is 1. The average Bonchev–Trinajstić information content (AvgIpc) is 2.93. The monoisotopic (exact) mass is 280 g/mol. The van der Waals surface area contributed by atoms with E-state index in [1.54, 1.807) is 18.5 Å². The summed E-state index contributed by atoms with van der Waals surface area (Å²) in [5.74, 6) is -1.61. The van der Waals surface area contributed by atoms with Crippen molar-refractivity contribution >= 4 is 24.1 Å². The number of aromatic carboxylic acids is 1. The van der Waals surface area contributed by atoms with Gasteiger partial charge in [0.15, 0.2) is 4.77 Å². The molecular formula is C11H12N4O3S. The Morgan fingerprint density at radius 1 is 1.53 bits per heavy atom. The molecule has 1 amide bonds. The van der Waals surface area contributed by atoms with Gasteiger partial charge in [0.25, 0.3) is 0 Å². The molecule has 0 spiro atoms. The summed E-state index contributed by atoms with van der Waals surface area (Å²) in [5.41, 5.74) is 5.90. The molecular weight excluding hydrogens is 268 g/mol. The number of primary amides is 1. The lowest BCUT2D eigenvalue weighted by Crippen LogP contribution is -2.22. The van der Waals surface area contributed by atoms with Crippen molar-refractivity contribution in [3.05, 3.63) is 40.7 Å².